The Bertz CT molecular complexity index is 882. The molecular formula is C20H22ClN3O2S. The van der Waals surface area contributed by atoms with Crippen molar-refractivity contribution in [3.8, 4) is 17.2 Å². The number of hydrogen-bond donors (Lipinski definition) is 1. The molecule has 1 aliphatic rings. The van der Waals surface area contributed by atoms with Crippen LogP contribution in [0.15, 0.2) is 18.2 Å². The Hall–Kier alpha value is -2.07. The van der Waals surface area contributed by atoms with E-state index in [9.17, 15) is 10.1 Å². The summed E-state index contributed by atoms with van der Waals surface area (Å²) in [5.74, 6) is -0.137. The van der Waals surface area contributed by atoms with Gasteiger partial charge in [0.15, 0.2) is 0 Å². The van der Waals surface area contributed by atoms with Crippen molar-refractivity contribution in [3.05, 3.63) is 39.2 Å². The predicted octanol–water partition coefficient (Wildman–Crippen LogP) is 4.23. The summed E-state index contributed by atoms with van der Waals surface area (Å²) in [5, 5.41) is 14.4. The third-order valence-electron chi connectivity index (χ3n) is 4.50. The molecule has 1 aromatic heterocycles. The lowest BCUT2D eigenvalue weighted by molar-refractivity contribution is 0.0958. The molecule has 0 saturated carbocycles. The number of morpholine rings is 1. The largest absolute Gasteiger partial charge is 0.378 e. The molecule has 1 fully saturated rings. The van der Waals surface area contributed by atoms with Gasteiger partial charge in [-0.3, -0.25) is 4.79 Å². The van der Waals surface area contributed by atoms with E-state index >= 15 is 0 Å². The number of nitrogens with one attached hydrogen (secondary N) is 1. The van der Waals surface area contributed by atoms with Crippen LogP contribution in [0, 0.1) is 18.3 Å². The molecule has 1 N–H and O–H groups in total. The molecule has 2 aromatic rings. The van der Waals surface area contributed by atoms with Gasteiger partial charge in [0.2, 0.25) is 0 Å². The van der Waals surface area contributed by atoms with E-state index in [0.717, 1.165) is 22.5 Å². The number of nitriles is 1. The molecular weight excluding hydrogens is 382 g/mol. The van der Waals surface area contributed by atoms with Gasteiger partial charge >= 0.3 is 0 Å². The van der Waals surface area contributed by atoms with Gasteiger partial charge < -0.3 is 15.0 Å². The number of benzene rings is 1. The van der Waals surface area contributed by atoms with Gasteiger partial charge in [-0.25, -0.2) is 0 Å². The second kappa shape index (κ2) is 8.75. The van der Waals surface area contributed by atoms with E-state index in [0.29, 0.717) is 53.9 Å². The van der Waals surface area contributed by atoms with Gasteiger partial charge in [-0.15, -0.1) is 11.3 Å². The highest BCUT2D eigenvalue weighted by atomic mass is 35.5. The molecule has 0 atom stereocenters. The second-order valence-corrected chi connectivity index (χ2v) is 7.85. The highest BCUT2D eigenvalue weighted by Gasteiger charge is 2.28. The standard InChI is InChI=1S/C20H22ClN3O2S/c1-3-6-23-19(25)18-17(15-5-4-14(21)11-13(15)2)16(12-22)20(27-18)24-7-9-26-10-8-24/h4-5,11H,3,6-10H2,1-2H3,(H,23,25). The first-order valence-electron chi connectivity index (χ1n) is 9.01. The van der Waals surface area contributed by atoms with E-state index in [2.05, 4.69) is 16.3 Å². The van der Waals surface area contributed by atoms with Crippen molar-refractivity contribution >= 4 is 33.8 Å². The number of carbonyl (C=O) groups is 1. The van der Waals surface area contributed by atoms with Crippen molar-refractivity contribution in [2.45, 2.75) is 20.3 Å². The fraction of sp³-hybridized carbons (Fsp3) is 0.400. The van der Waals surface area contributed by atoms with Crippen LogP contribution < -0.4 is 10.2 Å². The fourth-order valence-corrected chi connectivity index (χ4v) is 4.62. The van der Waals surface area contributed by atoms with E-state index in [1.54, 1.807) is 6.07 Å². The van der Waals surface area contributed by atoms with Gasteiger partial charge in [-0.2, -0.15) is 5.26 Å². The average Bonchev–Trinajstić information content (AvgIpc) is 3.06. The molecule has 1 amide bonds. The lowest BCUT2D eigenvalue weighted by Crippen LogP contribution is -2.36. The third-order valence-corrected chi connectivity index (χ3v) is 5.98. The number of aryl methyl sites for hydroxylation is 1. The monoisotopic (exact) mass is 403 g/mol. The number of anilines is 1. The van der Waals surface area contributed by atoms with Crippen molar-refractivity contribution in [2.24, 2.45) is 0 Å². The van der Waals surface area contributed by atoms with Crippen molar-refractivity contribution in [2.75, 3.05) is 37.7 Å². The summed E-state index contributed by atoms with van der Waals surface area (Å²) in [6.07, 6.45) is 0.855. The number of rotatable bonds is 5. The van der Waals surface area contributed by atoms with E-state index in [1.165, 1.54) is 11.3 Å². The van der Waals surface area contributed by atoms with E-state index in [-0.39, 0.29) is 5.91 Å². The van der Waals surface area contributed by atoms with E-state index < -0.39 is 0 Å². The van der Waals surface area contributed by atoms with Crippen LogP contribution in [-0.4, -0.2) is 38.8 Å². The minimum Gasteiger partial charge on any atom is -0.378 e. The van der Waals surface area contributed by atoms with Gasteiger partial charge in [0.1, 0.15) is 15.9 Å². The van der Waals surface area contributed by atoms with Crippen molar-refractivity contribution < 1.29 is 9.53 Å². The molecule has 2 heterocycles. The number of ether oxygens (including phenoxy) is 1. The first-order chi connectivity index (χ1) is 13.1. The quantitative estimate of drug-likeness (QED) is 0.811. The number of thiophene rings is 1. The number of hydrogen-bond acceptors (Lipinski definition) is 5. The summed E-state index contributed by atoms with van der Waals surface area (Å²) in [4.78, 5) is 15.6. The van der Waals surface area contributed by atoms with Gasteiger partial charge in [0.05, 0.1) is 18.8 Å². The summed E-state index contributed by atoms with van der Waals surface area (Å²) in [6.45, 7) is 7.23. The van der Waals surface area contributed by atoms with Crippen LogP contribution in [0.3, 0.4) is 0 Å². The Morgan fingerprint density at radius 1 is 1.41 bits per heavy atom. The van der Waals surface area contributed by atoms with Crippen LogP contribution in [0.1, 0.15) is 34.1 Å². The predicted molar refractivity (Wildman–Crippen MR) is 110 cm³/mol. The number of nitrogens with zero attached hydrogens (tertiary/aromatic N) is 2. The summed E-state index contributed by atoms with van der Waals surface area (Å²) < 4.78 is 5.44. The molecule has 0 radical (unpaired) electrons. The maximum Gasteiger partial charge on any atom is 0.262 e. The van der Waals surface area contributed by atoms with Crippen LogP contribution in [-0.2, 0) is 4.74 Å². The summed E-state index contributed by atoms with van der Waals surface area (Å²) in [6, 6.07) is 7.89. The van der Waals surface area contributed by atoms with Gasteiger partial charge in [0.25, 0.3) is 5.91 Å². The number of carbonyl (C=O) groups excluding carboxylic acids is 1. The maximum atomic E-state index is 12.9. The zero-order valence-corrected chi connectivity index (χ0v) is 17.0. The minimum absolute atomic E-state index is 0.137. The first-order valence-corrected chi connectivity index (χ1v) is 10.2. The molecule has 0 aliphatic carbocycles. The lowest BCUT2D eigenvalue weighted by Gasteiger charge is -2.27. The van der Waals surface area contributed by atoms with Crippen LogP contribution in [0.2, 0.25) is 5.02 Å². The molecule has 0 bridgehead atoms. The van der Waals surface area contributed by atoms with Crippen molar-refractivity contribution in [1.29, 1.82) is 5.26 Å². The van der Waals surface area contributed by atoms with Crippen LogP contribution >= 0.6 is 22.9 Å². The molecule has 5 nitrogen and oxygen atoms in total. The Morgan fingerprint density at radius 2 is 2.15 bits per heavy atom. The fourth-order valence-electron chi connectivity index (χ4n) is 3.16. The Morgan fingerprint density at radius 3 is 2.78 bits per heavy atom. The maximum absolute atomic E-state index is 12.9. The topological polar surface area (TPSA) is 65.4 Å². The van der Waals surface area contributed by atoms with Gasteiger partial charge in [0, 0.05) is 30.2 Å². The first kappa shape index (κ1) is 19.7. The highest BCUT2D eigenvalue weighted by molar-refractivity contribution is 7.19. The number of amides is 1. The molecule has 3 rings (SSSR count). The van der Waals surface area contributed by atoms with Gasteiger partial charge in [-0.1, -0.05) is 24.6 Å². The summed E-state index contributed by atoms with van der Waals surface area (Å²) in [5.41, 5.74) is 3.06. The molecule has 0 spiro atoms. The minimum atomic E-state index is -0.137. The van der Waals surface area contributed by atoms with Crippen molar-refractivity contribution in [1.82, 2.24) is 5.32 Å². The molecule has 1 saturated heterocycles. The smallest absolute Gasteiger partial charge is 0.262 e. The van der Waals surface area contributed by atoms with Gasteiger partial charge in [-0.05, 0) is 36.6 Å². The summed E-state index contributed by atoms with van der Waals surface area (Å²) >= 11 is 7.50. The highest BCUT2D eigenvalue weighted by Crippen LogP contribution is 2.43. The normalized spacial score (nSPS) is 14.1. The molecule has 1 aliphatic heterocycles. The zero-order chi connectivity index (χ0) is 19.4. The molecule has 1 aromatic carbocycles. The Labute approximate surface area is 168 Å². The molecule has 142 valence electrons. The van der Waals surface area contributed by atoms with Crippen LogP contribution in [0.25, 0.3) is 11.1 Å². The zero-order valence-electron chi connectivity index (χ0n) is 15.5. The van der Waals surface area contributed by atoms with Crippen LogP contribution in [0.5, 0.6) is 0 Å². The van der Waals surface area contributed by atoms with E-state index in [4.69, 9.17) is 16.3 Å². The summed E-state index contributed by atoms with van der Waals surface area (Å²) in [7, 11) is 0. The Balaban J connectivity index is 2.17. The van der Waals surface area contributed by atoms with Crippen molar-refractivity contribution in [3.63, 3.8) is 0 Å². The molecule has 0 unspecified atom stereocenters. The molecule has 7 heteroatoms. The van der Waals surface area contributed by atoms with Crippen LogP contribution in [0.4, 0.5) is 5.00 Å². The average molecular weight is 404 g/mol. The lowest BCUT2D eigenvalue weighted by atomic mass is 9.97. The van der Waals surface area contributed by atoms with E-state index in [1.807, 2.05) is 26.0 Å². The Kier molecular flexibility index (Phi) is 6.38. The second-order valence-electron chi connectivity index (χ2n) is 6.41. The number of halogens is 1. The SMILES string of the molecule is CCCNC(=O)c1sc(N2CCOCC2)c(C#N)c1-c1ccc(Cl)cc1C. The third kappa shape index (κ3) is 4.11. The molecule has 27 heavy (non-hydrogen) atoms.